The van der Waals surface area contributed by atoms with Gasteiger partial charge >= 0.3 is 0 Å². The lowest BCUT2D eigenvalue weighted by Crippen LogP contribution is -2.27. The van der Waals surface area contributed by atoms with Crippen LogP contribution in [-0.4, -0.2) is 21.6 Å². The molecule has 0 fully saturated rings. The Morgan fingerprint density at radius 3 is 2.48 bits per heavy atom. The van der Waals surface area contributed by atoms with Crippen molar-refractivity contribution in [3.8, 4) is 11.6 Å². The molecule has 0 radical (unpaired) electrons. The van der Waals surface area contributed by atoms with Gasteiger partial charge in [-0.1, -0.05) is 6.92 Å². The predicted octanol–water partition coefficient (Wildman–Crippen LogP) is 3.93. The van der Waals surface area contributed by atoms with Crippen molar-refractivity contribution in [2.24, 2.45) is 4.99 Å². The molecule has 122 valence electrons. The van der Waals surface area contributed by atoms with Gasteiger partial charge in [0, 0.05) is 17.8 Å². The Morgan fingerprint density at radius 2 is 1.96 bits per heavy atom. The molecule has 5 nitrogen and oxygen atoms in total. The number of amidine groups is 1. The number of nitrogens with zero attached hydrogens (tertiary/aromatic N) is 2. The molecule has 0 spiro atoms. The summed E-state index contributed by atoms with van der Waals surface area (Å²) in [6.07, 6.45) is 2.38. The van der Waals surface area contributed by atoms with E-state index in [1.807, 2.05) is 20.8 Å². The number of pyridine rings is 1. The molecule has 1 aromatic heterocycles. The van der Waals surface area contributed by atoms with E-state index in [0.717, 1.165) is 6.42 Å². The second-order valence-electron chi connectivity index (χ2n) is 5.68. The molecule has 0 amide bonds. The van der Waals surface area contributed by atoms with Gasteiger partial charge in [-0.3, -0.25) is 15.7 Å². The average molecular weight is 317 g/mol. The van der Waals surface area contributed by atoms with Gasteiger partial charge < -0.3 is 4.74 Å². The molecular weight excluding hydrogens is 297 g/mol. The summed E-state index contributed by atoms with van der Waals surface area (Å²) in [5.41, 5.74) is 2.45. The van der Waals surface area contributed by atoms with Crippen molar-refractivity contribution < 1.29 is 14.3 Å². The summed E-state index contributed by atoms with van der Waals surface area (Å²) in [5, 5.41) is 9.29. The fourth-order valence-electron chi connectivity index (χ4n) is 1.74. The molecule has 2 N–H and O–H groups in total. The molecule has 1 aromatic carbocycles. The fourth-order valence-corrected chi connectivity index (χ4v) is 1.74. The van der Waals surface area contributed by atoms with Crippen LogP contribution in [0.15, 0.2) is 47.6 Å². The molecule has 6 heteroatoms. The third-order valence-electron chi connectivity index (χ3n) is 3.43. The van der Waals surface area contributed by atoms with Crippen LogP contribution in [0.2, 0.25) is 0 Å². The molecule has 0 aliphatic heterocycles. The minimum Gasteiger partial charge on any atom is -0.439 e. The molecule has 0 aliphatic carbocycles. The van der Waals surface area contributed by atoms with Crippen molar-refractivity contribution in [3.63, 3.8) is 0 Å². The zero-order chi connectivity index (χ0) is 16.9. The summed E-state index contributed by atoms with van der Waals surface area (Å²) in [7, 11) is 0. The van der Waals surface area contributed by atoms with Gasteiger partial charge in [0.15, 0.2) is 5.84 Å². The maximum absolute atomic E-state index is 12.9. The first-order valence-electron chi connectivity index (χ1n) is 7.33. The molecule has 0 saturated heterocycles. The Bertz CT molecular complexity index is 667. The van der Waals surface area contributed by atoms with Gasteiger partial charge in [-0.2, -0.15) is 0 Å². The zero-order valence-corrected chi connectivity index (χ0v) is 13.4. The molecule has 0 bridgehead atoms. The van der Waals surface area contributed by atoms with Crippen LogP contribution in [0.5, 0.6) is 11.6 Å². The van der Waals surface area contributed by atoms with Crippen molar-refractivity contribution >= 4 is 5.84 Å². The highest BCUT2D eigenvalue weighted by Crippen LogP contribution is 2.20. The average Bonchev–Trinajstić information content (AvgIpc) is 2.56. The van der Waals surface area contributed by atoms with Crippen molar-refractivity contribution in [3.05, 3.63) is 54.0 Å². The third kappa shape index (κ3) is 4.75. The third-order valence-corrected chi connectivity index (χ3v) is 3.43. The smallest absolute Gasteiger partial charge is 0.219 e. The van der Waals surface area contributed by atoms with Crippen LogP contribution in [0.1, 0.15) is 32.8 Å². The van der Waals surface area contributed by atoms with E-state index < -0.39 is 0 Å². The Kier molecular flexibility index (Phi) is 5.28. The SMILES string of the molecule is CCC(C)(C)N=C(NO)c1ccc(Oc2ccc(F)cc2)nc1. The Balaban J connectivity index is 2.16. The molecule has 0 unspecified atom stereocenters. The van der Waals surface area contributed by atoms with E-state index in [-0.39, 0.29) is 11.4 Å². The van der Waals surface area contributed by atoms with Crippen LogP contribution in [0.4, 0.5) is 4.39 Å². The summed E-state index contributed by atoms with van der Waals surface area (Å²) in [4.78, 5) is 8.65. The largest absolute Gasteiger partial charge is 0.439 e. The van der Waals surface area contributed by atoms with E-state index in [1.165, 1.54) is 24.3 Å². The number of rotatable bonds is 5. The second kappa shape index (κ2) is 7.19. The molecule has 2 aromatic rings. The molecule has 0 saturated carbocycles. The number of benzene rings is 1. The van der Waals surface area contributed by atoms with Crippen LogP contribution in [0.25, 0.3) is 0 Å². The standard InChI is InChI=1S/C17H20FN3O2/c1-4-17(2,3)20-16(21-22)12-5-10-15(19-11-12)23-14-8-6-13(18)7-9-14/h5-11,22H,4H2,1-3H3,(H,20,21). The summed E-state index contributed by atoms with van der Waals surface area (Å²) in [5.74, 6) is 0.882. The monoisotopic (exact) mass is 317 g/mol. The molecular formula is C17H20FN3O2. The van der Waals surface area contributed by atoms with Gasteiger partial charge in [0.2, 0.25) is 5.88 Å². The molecule has 0 atom stereocenters. The van der Waals surface area contributed by atoms with Gasteiger partial charge in [-0.15, -0.1) is 0 Å². The lowest BCUT2D eigenvalue weighted by atomic mass is 10.0. The van der Waals surface area contributed by atoms with Crippen LogP contribution < -0.4 is 10.2 Å². The van der Waals surface area contributed by atoms with Gasteiger partial charge in [0.1, 0.15) is 11.6 Å². The second-order valence-corrected chi connectivity index (χ2v) is 5.68. The first-order valence-corrected chi connectivity index (χ1v) is 7.33. The lowest BCUT2D eigenvalue weighted by molar-refractivity contribution is 0.233. The van der Waals surface area contributed by atoms with Crippen LogP contribution in [0, 0.1) is 5.82 Å². The maximum Gasteiger partial charge on any atom is 0.219 e. The van der Waals surface area contributed by atoms with E-state index in [1.54, 1.807) is 18.3 Å². The lowest BCUT2D eigenvalue weighted by Gasteiger charge is -2.19. The van der Waals surface area contributed by atoms with E-state index in [4.69, 9.17) is 4.74 Å². The predicted molar refractivity (Wildman–Crippen MR) is 86.5 cm³/mol. The van der Waals surface area contributed by atoms with Crippen LogP contribution in [0.3, 0.4) is 0 Å². The van der Waals surface area contributed by atoms with E-state index >= 15 is 0 Å². The zero-order valence-electron chi connectivity index (χ0n) is 13.4. The quantitative estimate of drug-likeness (QED) is 0.498. The topological polar surface area (TPSA) is 66.7 Å². The molecule has 1 heterocycles. The number of nitrogens with one attached hydrogen (secondary N) is 1. The van der Waals surface area contributed by atoms with Crippen LogP contribution in [-0.2, 0) is 0 Å². The number of hydrogen-bond acceptors (Lipinski definition) is 4. The van der Waals surface area contributed by atoms with E-state index in [0.29, 0.717) is 23.0 Å². The molecule has 2 rings (SSSR count). The van der Waals surface area contributed by atoms with Crippen molar-refractivity contribution in [1.82, 2.24) is 10.5 Å². The minimum absolute atomic E-state index is 0.297. The normalized spacial score (nSPS) is 12.1. The first-order chi connectivity index (χ1) is 10.9. The summed E-state index contributed by atoms with van der Waals surface area (Å²) in [6.45, 7) is 5.98. The fraction of sp³-hybridized carbons (Fsp3) is 0.294. The highest BCUT2D eigenvalue weighted by molar-refractivity contribution is 5.98. The summed E-state index contributed by atoms with van der Waals surface area (Å²) < 4.78 is 18.4. The summed E-state index contributed by atoms with van der Waals surface area (Å²) in [6, 6.07) is 9.08. The van der Waals surface area contributed by atoms with Crippen molar-refractivity contribution in [1.29, 1.82) is 0 Å². The summed E-state index contributed by atoms with van der Waals surface area (Å²) >= 11 is 0. The van der Waals surface area contributed by atoms with E-state index in [2.05, 4.69) is 15.5 Å². The Labute approximate surface area is 134 Å². The van der Waals surface area contributed by atoms with Gasteiger partial charge in [-0.05, 0) is 50.6 Å². The number of aromatic nitrogens is 1. The Hall–Kier alpha value is -2.47. The Morgan fingerprint density at radius 1 is 1.26 bits per heavy atom. The number of hydroxylamine groups is 1. The highest BCUT2D eigenvalue weighted by Gasteiger charge is 2.15. The molecule has 23 heavy (non-hydrogen) atoms. The number of ether oxygens (including phenoxy) is 1. The van der Waals surface area contributed by atoms with Gasteiger partial charge in [0.05, 0.1) is 5.54 Å². The first kappa shape index (κ1) is 16.9. The van der Waals surface area contributed by atoms with Crippen molar-refractivity contribution in [2.75, 3.05) is 0 Å². The van der Waals surface area contributed by atoms with Gasteiger partial charge in [-0.25, -0.2) is 9.37 Å². The number of halogens is 1. The van der Waals surface area contributed by atoms with E-state index in [9.17, 15) is 9.60 Å². The number of aliphatic imine (C=N–C) groups is 1. The minimum atomic E-state index is -0.325. The van der Waals surface area contributed by atoms with Gasteiger partial charge in [0.25, 0.3) is 0 Å². The number of hydrogen-bond donors (Lipinski definition) is 2. The highest BCUT2D eigenvalue weighted by atomic mass is 19.1. The molecule has 0 aliphatic rings. The van der Waals surface area contributed by atoms with Crippen LogP contribution >= 0.6 is 0 Å². The maximum atomic E-state index is 12.9. The van der Waals surface area contributed by atoms with Crippen molar-refractivity contribution in [2.45, 2.75) is 32.7 Å².